The topological polar surface area (TPSA) is 49.4 Å². The molecule has 2 rings (SSSR count). The monoisotopic (exact) mass is 444 g/mol. The maximum atomic E-state index is 13.9. The summed E-state index contributed by atoms with van der Waals surface area (Å²) in [5, 5.41) is 3.01. The highest BCUT2D eigenvalue weighted by molar-refractivity contribution is 7.99. The van der Waals surface area contributed by atoms with Gasteiger partial charge in [-0.1, -0.05) is 62.4 Å². The van der Waals surface area contributed by atoms with Crippen molar-refractivity contribution in [1.29, 1.82) is 0 Å². The lowest BCUT2D eigenvalue weighted by Gasteiger charge is -2.31. The summed E-state index contributed by atoms with van der Waals surface area (Å²) in [5.74, 6) is 0.153. The van der Waals surface area contributed by atoms with Crippen molar-refractivity contribution >= 4 is 23.6 Å². The third-order valence-electron chi connectivity index (χ3n) is 5.31. The normalized spacial score (nSPS) is 12.8. The van der Waals surface area contributed by atoms with E-state index in [0.29, 0.717) is 30.7 Å². The zero-order chi connectivity index (χ0) is 22.6. The predicted octanol–water partition coefficient (Wildman–Crippen LogP) is 4.82. The molecule has 168 valence electrons. The van der Waals surface area contributed by atoms with Gasteiger partial charge in [0.25, 0.3) is 0 Å². The van der Waals surface area contributed by atoms with Crippen molar-refractivity contribution in [1.82, 2.24) is 10.2 Å². The van der Waals surface area contributed by atoms with Gasteiger partial charge in [-0.25, -0.2) is 4.39 Å². The first kappa shape index (κ1) is 24.9. The standard InChI is InChI=1S/C25H33FN2O2S/c1-4-19(3)27-25(30)23(5-2)28(16-15-20-11-7-6-8-12-20)24(29)18-31-17-21-13-9-10-14-22(21)26/h6-14,19,23H,4-5,15-18H2,1-3H3,(H,27,30)/t19-,23+/m0/s1. The third-order valence-corrected chi connectivity index (χ3v) is 6.28. The molecule has 0 heterocycles. The smallest absolute Gasteiger partial charge is 0.243 e. The minimum Gasteiger partial charge on any atom is -0.352 e. The highest BCUT2D eigenvalue weighted by Crippen LogP contribution is 2.18. The van der Waals surface area contributed by atoms with Crippen LogP contribution in [0.2, 0.25) is 0 Å². The van der Waals surface area contributed by atoms with Gasteiger partial charge in [0.05, 0.1) is 5.75 Å². The van der Waals surface area contributed by atoms with E-state index in [0.717, 1.165) is 12.0 Å². The minimum atomic E-state index is -0.515. The summed E-state index contributed by atoms with van der Waals surface area (Å²) in [4.78, 5) is 27.7. The average molecular weight is 445 g/mol. The summed E-state index contributed by atoms with van der Waals surface area (Å²) < 4.78 is 13.9. The van der Waals surface area contributed by atoms with Gasteiger partial charge in [0, 0.05) is 18.3 Å². The molecule has 0 saturated heterocycles. The van der Waals surface area contributed by atoms with Gasteiger partial charge in [0.2, 0.25) is 11.8 Å². The van der Waals surface area contributed by atoms with Gasteiger partial charge >= 0.3 is 0 Å². The molecule has 31 heavy (non-hydrogen) atoms. The second kappa shape index (κ2) is 13.2. The number of thioether (sulfide) groups is 1. The lowest BCUT2D eigenvalue weighted by atomic mass is 10.1. The summed E-state index contributed by atoms with van der Waals surface area (Å²) in [6.07, 6.45) is 2.05. The molecule has 4 nitrogen and oxygen atoms in total. The number of amides is 2. The number of carbonyl (C=O) groups excluding carboxylic acids is 2. The van der Waals surface area contributed by atoms with Gasteiger partial charge in [-0.2, -0.15) is 0 Å². The van der Waals surface area contributed by atoms with Crippen LogP contribution in [-0.2, 0) is 21.8 Å². The fraction of sp³-hybridized carbons (Fsp3) is 0.440. The lowest BCUT2D eigenvalue weighted by Crippen LogP contribution is -2.52. The number of halogens is 1. The van der Waals surface area contributed by atoms with Crippen LogP contribution in [0.25, 0.3) is 0 Å². The van der Waals surface area contributed by atoms with Crippen molar-refractivity contribution in [2.75, 3.05) is 12.3 Å². The number of nitrogens with zero attached hydrogens (tertiary/aromatic N) is 1. The molecule has 0 bridgehead atoms. The Morgan fingerprint density at radius 3 is 2.35 bits per heavy atom. The Morgan fingerprint density at radius 1 is 1.03 bits per heavy atom. The van der Waals surface area contributed by atoms with Crippen LogP contribution in [0.4, 0.5) is 4.39 Å². The molecular weight excluding hydrogens is 411 g/mol. The second-order valence-corrected chi connectivity index (χ2v) is 8.63. The van der Waals surface area contributed by atoms with E-state index in [9.17, 15) is 14.0 Å². The molecule has 0 aromatic heterocycles. The maximum Gasteiger partial charge on any atom is 0.243 e. The minimum absolute atomic E-state index is 0.0584. The Bertz CT molecular complexity index is 831. The highest BCUT2D eigenvalue weighted by Gasteiger charge is 2.28. The van der Waals surface area contributed by atoms with Crippen LogP contribution in [-0.4, -0.2) is 41.1 Å². The number of hydrogen-bond acceptors (Lipinski definition) is 3. The first-order valence-electron chi connectivity index (χ1n) is 10.9. The molecule has 2 amide bonds. The maximum absolute atomic E-state index is 13.9. The molecule has 0 unspecified atom stereocenters. The van der Waals surface area contributed by atoms with Gasteiger partial charge in [-0.15, -0.1) is 11.8 Å². The van der Waals surface area contributed by atoms with Crippen LogP contribution < -0.4 is 5.32 Å². The lowest BCUT2D eigenvalue weighted by molar-refractivity contribution is -0.139. The van der Waals surface area contributed by atoms with E-state index in [1.54, 1.807) is 23.1 Å². The Morgan fingerprint density at radius 2 is 1.71 bits per heavy atom. The Kier molecular flexibility index (Phi) is 10.6. The Balaban J connectivity index is 2.07. The Hall–Kier alpha value is -2.34. The van der Waals surface area contributed by atoms with Crippen LogP contribution in [0.3, 0.4) is 0 Å². The van der Waals surface area contributed by atoms with Crippen molar-refractivity contribution in [3.8, 4) is 0 Å². The second-order valence-electron chi connectivity index (χ2n) is 7.65. The van der Waals surface area contributed by atoms with Crippen LogP contribution in [0.15, 0.2) is 54.6 Å². The van der Waals surface area contributed by atoms with Gasteiger partial charge < -0.3 is 10.2 Å². The van der Waals surface area contributed by atoms with Crippen LogP contribution >= 0.6 is 11.8 Å². The molecule has 0 radical (unpaired) electrons. The van der Waals surface area contributed by atoms with Crippen molar-refractivity contribution < 1.29 is 14.0 Å². The van der Waals surface area contributed by atoms with E-state index in [4.69, 9.17) is 0 Å². The summed E-state index contributed by atoms with van der Waals surface area (Å²) in [6.45, 7) is 6.38. The molecule has 0 aliphatic carbocycles. The SMILES string of the molecule is CC[C@H](C(=O)N[C@@H](C)CC)N(CCc1ccccc1)C(=O)CSCc1ccccc1F. The van der Waals surface area contributed by atoms with Crippen LogP contribution in [0.1, 0.15) is 44.7 Å². The molecule has 6 heteroatoms. The molecule has 0 saturated carbocycles. The molecule has 0 spiro atoms. The first-order valence-corrected chi connectivity index (χ1v) is 12.1. The van der Waals surface area contributed by atoms with E-state index >= 15 is 0 Å². The van der Waals surface area contributed by atoms with Crippen molar-refractivity contribution in [2.45, 2.75) is 57.9 Å². The first-order chi connectivity index (χ1) is 15.0. The van der Waals surface area contributed by atoms with Crippen molar-refractivity contribution in [2.24, 2.45) is 0 Å². The van der Waals surface area contributed by atoms with E-state index < -0.39 is 6.04 Å². The van der Waals surface area contributed by atoms with E-state index in [1.165, 1.54) is 17.8 Å². The summed E-state index contributed by atoms with van der Waals surface area (Å²) in [6, 6.07) is 16.1. The fourth-order valence-electron chi connectivity index (χ4n) is 3.28. The quantitative estimate of drug-likeness (QED) is 0.510. The molecule has 0 fully saturated rings. The van der Waals surface area contributed by atoms with Gasteiger partial charge in [-0.05, 0) is 43.4 Å². The third kappa shape index (κ3) is 8.02. The van der Waals surface area contributed by atoms with Crippen LogP contribution in [0, 0.1) is 5.82 Å². The number of hydrogen-bond donors (Lipinski definition) is 1. The van der Waals surface area contributed by atoms with E-state index in [-0.39, 0.29) is 29.4 Å². The van der Waals surface area contributed by atoms with Gasteiger partial charge in [0.15, 0.2) is 0 Å². The zero-order valence-corrected chi connectivity index (χ0v) is 19.5. The van der Waals surface area contributed by atoms with E-state index in [1.807, 2.05) is 51.1 Å². The largest absolute Gasteiger partial charge is 0.352 e. The molecule has 2 aromatic rings. The number of benzene rings is 2. The van der Waals surface area contributed by atoms with Crippen molar-refractivity contribution in [3.05, 3.63) is 71.5 Å². The summed E-state index contributed by atoms with van der Waals surface area (Å²) >= 11 is 1.37. The molecule has 2 aromatic carbocycles. The highest BCUT2D eigenvalue weighted by atomic mass is 32.2. The van der Waals surface area contributed by atoms with Crippen molar-refractivity contribution in [3.63, 3.8) is 0 Å². The average Bonchev–Trinajstić information content (AvgIpc) is 2.78. The molecule has 0 aliphatic heterocycles. The number of rotatable bonds is 12. The summed E-state index contributed by atoms with van der Waals surface area (Å²) in [5.41, 5.74) is 1.70. The van der Waals surface area contributed by atoms with Gasteiger partial charge in [0.1, 0.15) is 11.9 Å². The van der Waals surface area contributed by atoms with Crippen LogP contribution in [0.5, 0.6) is 0 Å². The summed E-state index contributed by atoms with van der Waals surface area (Å²) in [7, 11) is 0. The van der Waals surface area contributed by atoms with E-state index in [2.05, 4.69) is 5.32 Å². The molecule has 1 N–H and O–H groups in total. The fourth-order valence-corrected chi connectivity index (χ4v) is 4.18. The number of carbonyl (C=O) groups is 2. The van der Waals surface area contributed by atoms with Gasteiger partial charge in [-0.3, -0.25) is 9.59 Å². The Labute approximate surface area is 189 Å². The molecule has 0 aliphatic rings. The molecular formula is C25H33FN2O2S. The molecule has 2 atom stereocenters. The number of nitrogens with one attached hydrogen (secondary N) is 1. The predicted molar refractivity (Wildman–Crippen MR) is 126 cm³/mol. The zero-order valence-electron chi connectivity index (χ0n) is 18.6.